The lowest BCUT2D eigenvalue weighted by atomic mass is 10.1. The Morgan fingerprint density at radius 3 is 3.00 bits per heavy atom. The number of carbonyl (C=O) groups is 2. The number of nitrogens with one attached hydrogen (secondary N) is 1. The van der Waals surface area contributed by atoms with Gasteiger partial charge in [-0.05, 0) is 25.1 Å². The summed E-state index contributed by atoms with van der Waals surface area (Å²) < 4.78 is 5.86. The number of aromatic nitrogens is 1. The molecule has 7 heteroatoms. The minimum absolute atomic E-state index is 0.0412. The van der Waals surface area contributed by atoms with Crippen LogP contribution in [0.1, 0.15) is 17.9 Å². The molecule has 0 saturated carbocycles. The number of anilines is 1. The van der Waals surface area contributed by atoms with Gasteiger partial charge in [0.05, 0.1) is 12.5 Å². The molecule has 1 aliphatic heterocycles. The van der Waals surface area contributed by atoms with E-state index in [0.29, 0.717) is 24.5 Å². The van der Waals surface area contributed by atoms with Crippen molar-refractivity contribution in [2.45, 2.75) is 19.9 Å². The first-order valence-corrected chi connectivity index (χ1v) is 8.08. The fourth-order valence-electron chi connectivity index (χ4n) is 2.60. The van der Waals surface area contributed by atoms with E-state index >= 15 is 0 Å². The van der Waals surface area contributed by atoms with Crippen LogP contribution < -0.4 is 10.2 Å². The summed E-state index contributed by atoms with van der Waals surface area (Å²) in [5.74, 6) is 0.164. The van der Waals surface area contributed by atoms with E-state index in [2.05, 4.69) is 26.4 Å². The number of carbonyl (C=O) groups excluding carboxylic acids is 2. The van der Waals surface area contributed by atoms with Crippen molar-refractivity contribution in [3.05, 3.63) is 46.3 Å². The van der Waals surface area contributed by atoms with Gasteiger partial charge in [0.2, 0.25) is 11.8 Å². The maximum atomic E-state index is 12.3. The van der Waals surface area contributed by atoms with E-state index in [-0.39, 0.29) is 24.2 Å². The standard InChI is InChI=1S/C16H16BrN3O3/c1-10-5-13(19-23-10)8-18-16(22)11-6-15(21)20(9-11)14-4-2-3-12(17)7-14/h2-5,7,11H,6,8-9H2,1H3,(H,18,22). The summed E-state index contributed by atoms with van der Waals surface area (Å²) >= 11 is 3.39. The smallest absolute Gasteiger partial charge is 0.227 e. The molecule has 3 rings (SSSR count). The molecular weight excluding hydrogens is 362 g/mol. The van der Waals surface area contributed by atoms with Crippen LogP contribution in [0.3, 0.4) is 0 Å². The number of benzene rings is 1. The van der Waals surface area contributed by atoms with Gasteiger partial charge in [0, 0.05) is 29.2 Å². The second kappa shape index (κ2) is 6.54. The van der Waals surface area contributed by atoms with Gasteiger partial charge < -0.3 is 14.7 Å². The second-order valence-electron chi connectivity index (χ2n) is 5.53. The fourth-order valence-corrected chi connectivity index (χ4v) is 2.99. The number of aryl methyl sites for hydroxylation is 1. The van der Waals surface area contributed by atoms with E-state index in [4.69, 9.17) is 4.52 Å². The molecule has 1 N–H and O–H groups in total. The largest absolute Gasteiger partial charge is 0.361 e. The first-order chi connectivity index (χ1) is 11.0. The number of rotatable bonds is 4. The third-order valence-electron chi connectivity index (χ3n) is 3.74. The highest BCUT2D eigenvalue weighted by Crippen LogP contribution is 2.27. The van der Waals surface area contributed by atoms with Gasteiger partial charge in [0.25, 0.3) is 0 Å². The van der Waals surface area contributed by atoms with E-state index in [1.807, 2.05) is 24.3 Å². The maximum absolute atomic E-state index is 12.3. The average Bonchev–Trinajstić information content (AvgIpc) is 3.11. The summed E-state index contributed by atoms with van der Waals surface area (Å²) in [6.07, 6.45) is 0.218. The topological polar surface area (TPSA) is 75.4 Å². The minimum atomic E-state index is -0.352. The molecule has 1 aromatic heterocycles. The first-order valence-electron chi connectivity index (χ1n) is 7.29. The number of amides is 2. The lowest BCUT2D eigenvalue weighted by molar-refractivity contribution is -0.126. The quantitative estimate of drug-likeness (QED) is 0.887. The van der Waals surface area contributed by atoms with Crippen LogP contribution in [0.25, 0.3) is 0 Å². The van der Waals surface area contributed by atoms with Crippen LogP contribution in [0.5, 0.6) is 0 Å². The highest BCUT2D eigenvalue weighted by Gasteiger charge is 2.35. The van der Waals surface area contributed by atoms with E-state index in [0.717, 1.165) is 10.2 Å². The van der Waals surface area contributed by atoms with Gasteiger partial charge in [-0.3, -0.25) is 9.59 Å². The van der Waals surface area contributed by atoms with Gasteiger partial charge in [-0.2, -0.15) is 0 Å². The van der Waals surface area contributed by atoms with E-state index in [1.165, 1.54) is 0 Å². The Labute approximate surface area is 142 Å². The molecule has 1 fully saturated rings. The van der Waals surface area contributed by atoms with Crippen molar-refractivity contribution in [2.75, 3.05) is 11.4 Å². The predicted octanol–water partition coefficient (Wildman–Crippen LogP) is 2.41. The summed E-state index contributed by atoms with van der Waals surface area (Å²) in [4.78, 5) is 26.1. The van der Waals surface area contributed by atoms with Crippen LogP contribution in [0, 0.1) is 12.8 Å². The molecule has 0 spiro atoms. The first kappa shape index (κ1) is 15.7. The molecule has 6 nitrogen and oxygen atoms in total. The molecule has 1 atom stereocenters. The molecule has 2 aromatic rings. The van der Waals surface area contributed by atoms with Crippen molar-refractivity contribution in [3.63, 3.8) is 0 Å². The van der Waals surface area contributed by atoms with E-state index in [9.17, 15) is 9.59 Å². The highest BCUT2D eigenvalue weighted by molar-refractivity contribution is 9.10. The Hall–Kier alpha value is -2.15. The molecule has 120 valence electrons. The predicted molar refractivity (Wildman–Crippen MR) is 87.7 cm³/mol. The molecule has 1 saturated heterocycles. The molecular formula is C16H16BrN3O3. The monoisotopic (exact) mass is 377 g/mol. The molecule has 0 bridgehead atoms. The van der Waals surface area contributed by atoms with Gasteiger partial charge in [0.1, 0.15) is 11.5 Å². The van der Waals surface area contributed by atoms with Gasteiger partial charge in [-0.15, -0.1) is 0 Å². The van der Waals surface area contributed by atoms with Gasteiger partial charge in [-0.1, -0.05) is 27.2 Å². The zero-order valence-electron chi connectivity index (χ0n) is 12.6. The van der Waals surface area contributed by atoms with Gasteiger partial charge >= 0.3 is 0 Å². The number of hydrogen-bond donors (Lipinski definition) is 1. The summed E-state index contributed by atoms with van der Waals surface area (Å²) in [5, 5.41) is 6.64. The minimum Gasteiger partial charge on any atom is -0.361 e. The fraction of sp³-hybridized carbons (Fsp3) is 0.312. The molecule has 1 unspecified atom stereocenters. The zero-order chi connectivity index (χ0) is 16.4. The summed E-state index contributed by atoms with van der Waals surface area (Å²) in [6, 6.07) is 9.27. The number of nitrogens with zero attached hydrogens (tertiary/aromatic N) is 2. The van der Waals surface area contributed by atoms with Crippen LogP contribution in [0.2, 0.25) is 0 Å². The van der Waals surface area contributed by atoms with E-state index < -0.39 is 0 Å². The maximum Gasteiger partial charge on any atom is 0.227 e. The molecule has 23 heavy (non-hydrogen) atoms. The van der Waals surface area contributed by atoms with Crippen LogP contribution in [0.4, 0.5) is 5.69 Å². The molecule has 1 aromatic carbocycles. The van der Waals surface area contributed by atoms with Crippen molar-refractivity contribution in [3.8, 4) is 0 Å². The molecule has 0 radical (unpaired) electrons. The highest BCUT2D eigenvalue weighted by atomic mass is 79.9. The summed E-state index contributed by atoms with van der Waals surface area (Å²) in [7, 11) is 0. The third-order valence-corrected chi connectivity index (χ3v) is 4.23. The Balaban J connectivity index is 1.61. The summed E-state index contributed by atoms with van der Waals surface area (Å²) in [5.41, 5.74) is 1.47. The molecule has 2 amide bonds. The summed E-state index contributed by atoms with van der Waals surface area (Å²) in [6.45, 7) is 2.49. The Bertz CT molecular complexity index is 744. The molecule has 0 aliphatic carbocycles. The van der Waals surface area contributed by atoms with Crippen molar-refractivity contribution < 1.29 is 14.1 Å². The van der Waals surface area contributed by atoms with Gasteiger partial charge in [0.15, 0.2) is 0 Å². The Kier molecular flexibility index (Phi) is 4.47. The average molecular weight is 378 g/mol. The molecule has 1 aliphatic rings. The van der Waals surface area contributed by atoms with Gasteiger partial charge in [-0.25, -0.2) is 0 Å². The number of halogens is 1. The van der Waals surface area contributed by atoms with Crippen LogP contribution >= 0.6 is 15.9 Å². The van der Waals surface area contributed by atoms with Crippen molar-refractivity contribution in [2.24, 2.45) is 5.92 Å². The second-order valence-corrected chi connectivity index (χ2v) is 6.45. The Morgan fingerprint density at radius 2 is 2.30 bits per heavy atom. The molecule has 2 heterocycles. The van der Waals surface area contributed by atoms with Crippen LogP contribution in [0.15, 0.2) is 39.3 Å². The van der Waals surface area contributed by atoms with Crippen molar-refractivity contribution >= 4 is 33.4 Å². The Morgan fingerprint density at radius 1 is 1.48 bits per heavy atom. The van der Waals surface area contributed by atoms with Crippen LogP contribution in [-0.4, -0.2) is 23.5 Å². The van der Waals surface area contributed by atoms with Crippen LogP contribution in [-0.2, 0) is 16.1 Å². The van der Waals surface area contributed by atoms with Crippen molar-refractivity contribution in [1.82, 2.24) is 10.5 Å². The normalized spacial score (nSPS) is 17.6. The zero-order valence-corrected chi connectivity index (χ0v) is 14.2. The SMILES string of the molecule is Cc1cc(CNC(=O)C2CC(=O)N(c3cccc(Br)c3)C2)no1. The van der Waals surface area contributed by atoms with Crippen molar-refractivity contribution in [1.29, 1.82) is 0 Å². The third kappa shape index (κ3) is 3.61. The number of hydrogen-bond acceptors (Lipinski definition) is 4. The van der Waals surface area contributed by atoms with E-state index in [1.54, 1.807) is 17.9 Å². The lowest BCUT2D eigenvalue weighted by Gasteiger charge is -2.16. The lowest BCUT2D eigenvalue weighted by Crippen LogP contribution is -2.32.